The first kappa shape index (κ1) is 37.0. The van der Waals surface area contributed by atoms with Crippen molar-refractivity contribution >= 4 is 43.1 Å². The number of hydrogen-bond donors (Lipinski definition) is 2. The molecule has 1 unspecified atom stereocenters. The molecule has 1 saturated heterocycles. The first-order chi connectivity index (χ1) is 22.2. The van der Waals surface area contributed by atoms with E-state index >= 15 is 0 Å². The van der Waals surface area contributed by atoms with E-state index in [1.54, 1.807) is 18.2 Å². The highest BCUT2D eigenvalue weighted by Gasteiger charge is 2.52. The summed E-state index contributed by atoms with van der Waals surface area (Å²) in [4.78, 5) is 76.2. The summed E-state index contributed by atoms with van der Waals surface area (Å²) >= 11 is 0. The lowest BCUT2D eigenvalue weighted by molar-refractivity contribution is -0.169. The number of nitrogens with zero attached hydrogens (tertiary/aromatic N) is 3. The molecule has 2 heterocycles. The number of nitrogens with two attached hydrogens (primary N) is 1. The lowest BCUT2D eigenvalue weighted by Crippen LogP contribution is -2.41. The van der Waals surface area contributed by atoms with Gasteiger partial charge in [0.1, 0.15) is 35.8 Å². The van der Waals surface area contributed by atoms with Crippen LogP contribution in [0, 0.1) is 0 Å². The van der Waals surface area contributed by atoms with Crippen LogP contribution >= 0.6 is 7.75 Å². The van der Waals surface area contributed by atoms with Gasteiger partial charge in [-0.1, -0.05) is 18.2 Å². The minimum absolute atomic E-state index is 0.108. The van der Waals surface area contributed by atoms with Gasteiger partial charge in [0.15, 0.2) is 18.4 Å². The van der Waals surface area contributed by atoms with Crippen LogP contribution in [0.3, 0.4) is 0 Å². The second-order valence-electron chi connectivity index (χ2n) is 10.4. The van der Waals surface area contributed by atoms with E-state index in [0.29, 0.717) is 0 Å². The van der Waals surface area contributed by atoms with Gasteiger partial charge in [0.25, 0.3) is 5.91 Å². The van der Waals surface area contributed by atoms with E-state index < -0.39 is 74.6 Å². The summed E-state index contributed by atoms with van der Waals surface area (Å²) < 4.78 is 48.2. The van der Waals surface area contributed by atoms with Crippen LogP contribution in [0.15, 0.2) is 36.7 Å². The van der Waals surface area contributed by atoms with E-state index in [1.807, 2.05) is 0 Å². The molecule has 47 heavy (non-hydrogen) atoms. The molecule has 0 radical (unpaired) electrons. The van der Waals surface area contributed by atoms with Crippen molar-refractivity contribution in [1.29, 1.82) is 0 Å². The average molecular weight is 682 g/mol. The van der Waals surface area contributed by atoms with E-state index in [1.165, 1.54) is 32.9 Å². The van der Waals surface area contributed by atoms with E-state index in [2.05, 4.69) is 15.2 Å². The topological polar surface area (TPSA) is 244 Å². The highest BCUT2D eigenvalue weighted by atomic mass is 31.2. The minimum atomic E-state index is -4.43. The van der Waals surface area contributed by atoms with Crippen molar-refractivity contribution in [1.82, 2.24) is 19.9 Å². The molecular formula is C28H36N5O13P. The number of hydrogen-bond acceptors (Lipinski definition) is 15. The highest BCUT2D eigenvalue weighted by molar-refractivity contribution is 7.52. The van der Waals surface area contributed by atoms with Crippen molar-refractivity contribution in [3.63, 3.8) is 0 Å². The zero-order valence-electron chi connectivity index (χ0n) is 26.1. The molecule has 0 saturated carbocycles. The smallest absolute Gasteiger partial charge is 0.459 e. The predicted molar refractivity (Wildman–Crippen MR) is 157 cm³/mol. The van der Waals surface area contributed by atoms with Crippen molar-refractivity contribution in [3.05, 3.63) is 42.5 Å². The molecule has 1 aliphatic rings. The molecule has 19 heteroatoms. The number of esters is 3. The maximum absolute atomic E-state index is 14.0. The fourth-order valence-corrected chi connectivity index (χ4v) is 5.66. The molecule has 1 fully saturated rings. The lowest BCUT2D eigenvalue weighted by Gasteiger charge is -2.26. The van der Waals surface area contributed by atoms with Crippen molar-refractivity contribution in [3.8, 4) is 5.75 Å². The molecule has 6 atom stereocenters. The number of Topliss-reactive ketones (excluding diaryl/α,β-unsaturated/α-hetero) is 2. The Kier molecular flexibility index (Phi) is 13.3. The summed E-state index contributed by atoms with van der Waals surface area (Å²) in [7, 11) is -3.30. The monoisotopic (exact) mass is 681 g/mol. The fraction of sp³-hybridized carbons (Fsp3) is 0.500. The summed E-state index contributed by atoms with van der Waals surface area (Å²) in [6.07, 6.45) is -5.65. The molecule has 1 aromatic carbocycles. The first-order valence-corrected chi connectivity index (χ1v) is 15.8. The molecule has 0 bridgehead atoms. The Balaban J connectivity index is 1.98. The second kappa shape index (κ2) is 16.9. The van der Waals surface area contributed by atoms with E-state index in [-0.39, 0.29) is 43.0 Å². The van der Waals surface area contributed by atoms with Crippen molar-refractivity contribution < 1.29 is 61.3 Å². The number of primary amides is 1. The van der Waals surface area contributed by atoms with Gasteiger partial charge in [0.05, 0.1) is 26.6 Å². The van der Waals surface area contributed by atoms with Crippen molar-refractivity contribution in [2.75, 3.05) is 13.7 Å². The first-order valence-electron chi connectivity index (χ1n) is 14.3. The predicted octanol–water partition coefficient (Wildman–Crippen LogP) is 1.19. The summed E-state index contributed by atoms with van der Waals surface area (Å²) in [5.74, 6) is -4.38. The third-order valence-electron chi connectivity index (χ3n) is 6.46. The van der Waals surface area contributed by atoms with Gasteiger partial charge in [-0.05, 0) is 32.9 Å². The van der Waals surface area contributed by atoms with Gasteiger partial charge in [0, 0.05) is 12.8 Å². The van der Waals surface area contributed by atoms with E-state index in [9.17, 15) is 33.3 Å². The Labute approximate surface area is 269 Å². The molecule has 256 valence electrons. The van der Waals surface area contributed by atoms with E-state index in [0.717, 1.165) is 18.1 Å². The number of amides is 1. The van der Waals surface area contributed by atoms with Crippen LogP contribution in [-0.2, 0) is 52.0 Å². The number of rotatable bonds is 18. The number of carbonyl (C=O) groups is 6. The van der Waals surface area contributed by atoms with Gasteiger partial charge in [-0.15, -0.1) is 5.10 Å². The standard InChI is InChI=1S/C28H36N5O13P/c1-16(34)10-12-21(36)44-23-20(14-42-47(40,32-18(3)28(39)41-4)46-19-8-6-5-7-9-19)43-27(33-15-30-26(31-33)25(29)38)24(23)45-22(37)13-11-17(2)35/h5-9,15,18,20,23-24,27H,10-14H2,1-4H3,(H2,29,38)(H,32,40)/t18-,20+,23+,24+,27+,47?/m0/s1. The molecule has 0 aliphatic carbocycles. The van der Waals surface area contributed by atoms with E-state index in [4.69, 9.17) is 33.7 Å². The Morgan fingerprint density at radius 1 is 0.979 bits per heavy atom. The highest BCUT2D eigenvalue weighted by Crippen LogP contribution is 2.46. The zero-order valence-corrected chi connectivity index (χ0v) is 27.0. The van der Waals surface area contributed by atoms with Crippen molar-refractivity contribution in [2.24, 2.45) is 5.73 Å². The quantitative estimate of drug-likeness (QED) is 0.127. The summed E-state index contributed by atoms with van der Waals surface area (Å²) in [6.45, 7) is 3.26. The van der Waals surface area contributed by atoms with Crippen LogP contribution in [0.2, 0.25) is 0 Å². The van der Waals surface area contributed by atoms with Crippen LogP contribution in [0.4, 0.5) is 0 Å². The fourth-order valence-electron chi connectivity index (χ4n) is 4.16. The second-order valence-corrected chi connectivity index (χ2v) is 12.1. The normalized spacial score (nSPS) is 20.8. The molecular weight excluding hydrogens is 645 g/mol. The molecule has 18 nitrogen and oxygen atoms in total. The Bertz CT molecular complexity index is 1500. The van der Waals surface area contributed by atoms with Crippen LogP contribution in [-0.4, -0.2) is 88.2 Å². The molecule has 1 amide bonds. The van der Waals surface area contributed by atoms with Gasteiger partial charge in [-0.2, -0.15) is 5.09 Å². The van der Waals surface area contributed by atoms with Gasteiger partial charge < -0.3 is 38.8 Å². The molecule has 3 N–H and O–H groups in total. The maximum Gasteiger partial charge on any atom is 0.459 e. The van der Waals surface area contributed by atoms with Gasteiger partial charge in [-0.25, -0.2) is 14.2 Å². The Morgan fingerprint density at radius 3 is 2.11 bits per heavy atom. The molecule has 1 aliphatic heterocycles. The number of benzene rings is 1. The molecule has 0 spiro atoms. The van der Waals surface area contributed by atoms with Crippen LogP contribution in [0.5, 0.6) is 5.75 Å². The Morgan fingerprint density at radius 2 is 1.57 bits per heavy atom. The van der Waals surface area contributed by atoms with Gasteiger partial charge in [-0.3, -0.25) is 23.7 Å². The lowest BCUT2D eigenvalue weighted by atomic mass is 10.1. The number of ether oxygens (including phenoxy) is 4. The number of aromatic nitrogens is 3. The minimum Gasteiger partial charge on any atom is -0.468 e. The summed E-state index contributed by atoms with van der Waals surface area (Å²) in [5.41, 5.74) is 5.28. The van der Waals surface area contributed by atoms with Crippen molar-refractivity contribution in [2.45, 2.75) is 77.0 Å². The van der Waals surface area contributed by atoms with Gasteiger partial charge in [0.2, 0.25) is 5.82 Å². The molecule has 2 aromatic rings. The molecule has 3 rings (SSSR count). The number of methoxy groups -OCH3 is 1. The third-order valence-corrected chi connectivity index (χ3v) is 8.10. The molecule has 1 aromatic heterocycles. The SMILES string of the molecule is COC(=O)[C@H](C)NP(=O)(OC[C@H]1O[C@@H](n2cnc(C(N)=O)n2)[C@H](OC(=O)CCC(C)=O)[C@@H]1OC(=O)CCC(C)=O)Oc1ccccc1. The largest absolute Gasteiger partial charge is 0.468 e. The zero-order chi connectivity index (χ0) is 34.7. The number of carbonyl (C=O) groups excluding carboxylic acids is 6. The number of nitrogens with one attached hydrogen (secondary N) is 1. The van der Waals surface area contributed by atoms with Crippen LogP contribution < -0.4 is 15.3 Å². The van der Waals surface area contributed by atoms with Crippen LogP contribution in [0.25, 0.3) is 0 Å². The summed E-state index contributed by atoms with van der Waals surface area (Å²) in [5, 5.41) is 6.43. The number of para-hydroxylation sites is 1. The Hall–Kier alpha value is -4.51. The van der Waals surface area contributed by atoms with Crippen LogP contribution in [0.1, 0.15) is 63.3 Å². The van der Waals surface area contributed by atoms with Gasteiger partial charge >= 0.3 is 25.7 Å². The maximum atomic E-state index is 14.0. The summed E-state index contributed by atoms with van der Waals surface area (Å²) in [6, 6.07) is 6.69. The number of ketones is 2. The third kappa shape index (κ3) is 11.1. The average Bonchev–Trinajstić information content (AvgIpc) is 3.63.